The van der Waals surface area contributed by atoms with Crippen molar-refractivity contribution >= 4 is 17.3 Å². The fourth-order valence-electron chi connectivity index (χ4n) is 2.03. The van der Waals surface area contributed by atoms with Gasteiger partial charge in [0.25, 0.3) is 0 Å². The van der Waals surface area contributed by atoms with Crippen LogP contribution < -0.4 is 4.74 Å². The highest BCUT2D eigenvalue weighted by Crippen LogP contribution is 2.27. The monoisotopic (exact) mass is 304 g/mol. The van der Waals surface area contributed by atoms with Crippen molar-refractivity contribution < 1.29 is 9.53 Å². The molecule has 0 aliphatic heterocycles. The molecule has 1 heterocycles. The van der Waals surface area contributed by atoms with E-state index in [2.05, 4.69) is 9.59 Å². The summed E-state index contributed by atoms with van der Waals surface area (Å²) in [5.74, 6) is 0.942. The maximum absolute atomic E-state index is 12.4. The minimum absolute atomic E-state index is 0.116. The molecule has 0 fully saturated rings. The van der Waals surface area contributed by atoms with Crippen LogP contribution in [0.4, 0.5) is 0 Å². The van der Waals surface area contributed by atoms with Crippen LogP contribution in [0, 0.1) is 0 Å². The molecule has 21 heavy (non-hydrogen) atoms. The first kappa shape index (κ1) is 15.6. The fraction of sp³-hybridized carbons (Fsp3) is 0.438. The van der Waals surface area contributed by atoms with Crippen molar-refractivity contribution in [3.63, 3.8) is 0 Å². The second kappa shape index (κ2) is 6.35. The Morgan fingerprint density at radius 1 is 1.24 bits per heavy atom. The lowest BCUT2D eigenvalue weighted by atomic mass is 9.90. The predicted molar refractivity (Wildman–Crippen MR) is 84.3 cm³/mol. The number of aromatic nitrogens is 2. The topological polar surface area (TPSA) is 52.1 Å². The predicted octanol–water partition coefficient (Wildman–Crippen LogP) is 3.66. The minimum Gasteiger partial charge on any atom is -0.497 e. The van der Waals surface area contributed by atoms with Gasteiger partial charge in [0.15, 0.2) is 5.78 Å². The van der Waals surface area contributed by atoms with Gasteiger partial charge in [-0.05, 0) is 35.6 Å². The average molecular weight is 304 g/mol. The quantitative estimate of drug-likeness (QED) is 0.791. The molecule has 1 aromatic heterocycles. The smallest absolute Gasteiger partial charge is 0.176 e. The number of hydrogen-bond acceptors (Lipinski definition) is 5. The number of methoxy groups -OCH3 is 1. The summed E-state index contributed by atoms with van der Waals surface area (Å²) in [6, 6.07) is 7.80. The van der Waals surface area contributed by atoms with E-state index in [1.165, 1.54) is 11.5 Å². The van der Waals surface area contributed by atoms with E-state index in [0.717, 1.165) is 17.0 Å². The normalized spacial score (nSPS) is 11.4. The molecule has 2 aromatic rings. The zero-order chi connectivity index (χ0) is 15.5. The molecule has 0 unspecified atom stereocenters. The maximum Gasteiger partial charge on any atom is 0.176 e. The molecule has 0 N–H and O–H groups in total. The molecule has 0 amide bonds. The van der Waals surface area contributed by atoms with Crippen molar-refractivity contribution in [3.05, 3.63) is 40.4 Å². The van der Waals surface area contributed by atoms with E-state index >= 15 is 0 Å². The fourth-order valence-corrected chi connectivity index (χ4v) is 2.87. The van der Waals surface area contributed by atoms with Gasteiger partial charge in [-0.15, -0.1) is 5.10 Å². The number of ether oxygens (including phenoxy) is 1. The Bertz CT molecular complexity index is 612. The molecule has 2 rings (SSSR count). The number of rotatable bonds is 5. The number of aryl methyl sites for hydroxylation is 1. The second-order valence-electron chi connectivity index (χ2n) is 5.97. The summed E-state index contributed by atoms with van der Waals surface area (Å²) in [6.07, 6.45) is 1.18. The number of nitrogens with zero attached hydrogens (tertiary/aromatic N) is 2. The molecular formula is C16H20N2O2S. The van der Waals surface area contributed by atoms with Crippen LogP contribution in [-0.2, 0) is 11.8 Å². The molecule has 0 aliphatic rings. The SMILES string of the molecule is COc1ccc(CCC(=O)c2snnc2C(C)(C)C)cc1. The van der Waals surface area contributed by atoms with Gasteiger partial charge in [-0.1, -0.05) is 37.4 Å². The van der Waals surface area contributed by atoms with Crippen molar-refractivity contribution in [3.8, 4) is 5.75 Å². The summed E-state index contributed by atoms with van der Waals surface area (Å²) < 4.78 is 9.07. The maximum atomic E-state index is 12.4. The molecule has 5 heteroatoms. The van der Waals surface area contributed by atoms with Crippen LogP contribution in [0.3, 0.4) is 0 Å². The highest BCUT2D eigenvalue weighted by atomic mass is 32.1. The minimum atomic E-state index is -0.155. The van der Waals surface area contributed by atoms with E-state index < -0.39 is 0 Å². The van der Waals surface area contributed by atoms with E-state index in [-0.39, 0.29) is 11.2 Å². The molecule has 0 radical (unpaired) electrons. The van der Waals surface area contributed by atoms with Crippen LogP contribution in [0.2, 0.25) is 0 Å². The number of ketones is 1. The highest BCUT2D eigenvalue weighted by Gasteiger charge is 2.25. The zero-order valence-corrected chi connectivity index (χ0v) is 13.7. The van der Waals surface area contributed by atoms with Gasteiger partial charge in [-0.25, -0.2) is 0 Å². The van der Waals surface area contributed by atoms with Crippen LogP contribution in [0.5, 0.6) is 5.75 Å². The molecular weight excluding hydrogens is 284 g/mol. The standard InChI is InChI=1S/C16H20N2O2S/c1-16(2,3)15-14(21-18-17-15)13(19)10-7-11-5-8-12(20-4)9-6-11/h5-6,8-9H,7,10H2,1-4H3. The Labute approximate surface area is 129 Å². The zero-order valence-electron chi connectivity index (χ0n) is 12.8. The summed E-state index contributed by atoms with van der Waals surface area (Å²) >= 11 is 1.20. The number of carbonyl (C=O) groups excluding carboxylic acids is 1. The molecule has 0 atom stereocenters. The molecule has 1 aromatic carbocycles. The average Bonchev–Trinajstić information content (AvgIpc) is 2.95. The van der Waals surface area contributed by atoms with Gasteiger partial charge in [0, 0.05) is 11.8 Å². The number of carbonyl (C=O) groups is 1. The highest BCUT2D eigenvalue weighted by molar-refractivity contribution is 7.08. The molecule has 0 spiro atoms. The number of Topliss-reactive ketones (excluding diaryl/α,β-unsaturated/α-hetero) is 1. The van der Waals surface area contributed by atoms with Gasteiger partial charge in [-0.3, -0.25) is 4.79 Å². The molecule has 0 bridgehead atoms. The van der Waals surface area contributed by atoms with Crippen molar-refractivity contribution in [2.45, 2.75) is 39.0 Å². The lowest BCUT2D eigenvalue weighted by Gasteiger charge is -2.15. The third kappa shape index (κ3) is 3.88. The first-order chi connectivity index (χ1) is 9.91. The van der Waals surface area contributed by atoms with Crippen LogP contribution in [0.25, 0.3) is 0 Å². The van der Waals surface area contributed by atoms with E-state index in [4.69, 9.17) is 4.74 Å². The van der Waals surface area contributed by atoms with Crippen molar-refractivity contribution in [2.24, 2.45) is 0 Å². The molecule has 0 saturated carbocycles. The summed E-state index contributed by atoms with van der Waals surface area (Å²) in [5.41, 5.74) is 1.77. The first-order valence-electron chi connectivity index (χ1n) is 6.91. The summed E-state index contributed by atoms with van der Waals surface area (Å²) in [7, 11) is 1.64. The van der Waals surface area contributed by atoms with Crippen LogP contribution in [0.1, 0.15) is 48.1 Å². The Morgan fingerprint density at radius 2 is 1.90 bits per heavy atom. The molecule has 112 valence electrons. The van der Waals surface area contributed by atoms with Gasteiger partial charge in [0.2, 0.25) is 0 Å². The number of benzene rings is 1. The van der Waals surface area contributed by atoms with Crippen molar-refractivity contribution in [2.75, 3.05) is 7.11 Å². The molecule has 4 nitrogen and oxygen atoms in total. The largest absolute Gasteiger partial charge is 0.497 e. The lowest BCUT2D eigenvalue weighted by Crippen LogP contribution is -2.16. The van der Waals surface area contributed by atoms with Crippen molar-refractivity contribution in [1.82, 2.24) is 9.59 Å². The van der Waals surface area contributed by atoms with E-state index in [0.29, 0.717) is 17.7 Å². The van der Waals surface area contributed by atoms with Crippen LogP contribution >= 0.6 is 11.5 Å². The second-order valence-corrected chi connectivity index (χ2v) is 6.73. The Hall–Kier alpha value is -1.75. The Kier molecular flexibility index (Phi) is 4.73. The van der Waals surface area contributed by atoms with Gasteiger partial charge in [-0.2, -0.15) is 0 Å². The third-order valence-corrected chi connectivity index (χ3v) is 4.02. The number of hydrogen-bond donors (Lipinski definition) is 0. The van der Waals surface area contributed by atoms with Gasteiger partial charge >= 0.3 is 0 Å². The molecule has 0 aliphatic carbocycles. The van der Waals surface area contributed by atoms with Crippen LogP contribution in [-0.4, -0.2) is 22.5 Å². The lowest BCUT2D eigenvalue weighted by molar-refractivity contribution is 0.0984. The van der Waals surface area contributed by atoms with E-state index in [9.17, 15) is 4.79 Å². The van der Waals surface area contributed by atoms with Gasteiger partial charge in [0.05, 0.1) is 12.8 Å². The summed E-state index contributed by atoms with van der Waals surface area (Å²) in [6.45, 7) is 6.14. The summed E-state index contributed by atoms with van der Waals surface area (Å²) in [5, 5.41) is 4.12. The first-order valence-corrected chi connectivity index (χ1v) is 7.68. The van der Waals surface area contributed by atoms with E-state index in [1.54, 1.807) is 7.11 Å². The van der Waals surface area contributed by atoms with Gasteiger partial charge < -0.3 is 4.74 Å². The Morgan fingerprint density at radius 3 is 2.48 bits per heavy atom. The Balaban J connectivity index is 2.03. The summed E-state index contributed by atoms with van der Waals surface area (Å²) in [4.78, 5) is 13.1. The third-order valence-electron chi connectivity index (χ3n) is 3.25. The van der Waals surface area contributed by atoms with Gasteiger partial charge in [0.1, 0.15) is 10.6 Å². The van der Waals surface area contributed by atoms with Crippen LogP contribution in [0.15, 0.2) is 24.3 Å². The molecule has 0 saturated heterocycles. The van der Waals surface area contributed by atoms with Crippen molar-refractivity contribution in [1.29, 1.82) is 0 Å². The van der Waals surface area contributed by atoms with E-state index in [1.807, 2.05) is 45.0 Å².